The van der Waals surface area contributed by atoms with E-state index in [1.165, 1.54) is 12.6 Å². The molecule has 0 bridgehead atoms. The van der Waals surface area contributed by atoms with Crippen molar-refractivity contribution in [3.05, 3.63) is 35.5 Å². The Kier molecular flexibility index (Phi) is 5.64. The molecule has 1 aliphatic carbocycles. The van der Waals surface area contributed by atoms with Crippen molar-refractivity contribution in [1.29, 1.82) is 5.26 Å². The topological polar surface area (TPSA) is 76.4 Å². The first-order valence-corrected chi connectivity index (χ1v) is 7.96. The number of aromatic hydroxyl groups is 1. The maximum atomic E-state index is 12.5. The first kappa shape index (κ1) is 16.9. The molecular formula is C18H23N3O2. The van der Waals surface area contributed by atoms with Gasteiger partial charge in [-0.25, -0.2) is 0 Å². The molecule has 1 aliphatic rings. The number of phenolic OH excluding ortho intramolecular Hbond substituents is 1. The van der Waals surface area contributed by atoms with Crippen LogP contribution in [0.2, 0.25) is 0 Å². The minimum Gasteiger partial charge on any atom is -0.508 e. The number of phenols is 1. The van der Waals surface area contributed by atoms with Crippen LogP contribution in [0.15, 0.2) is 30.0 Å². The molecule has 0 aliphatic heterocycles. The Morgan fingerprint density at radius 2 is 2.09 bits per heavy atom. The molecule has 2 rings (SSSR count). The molecule has 0 unspecified atom stereocenters. The summed E-state index contributed by atoms with van der Waals surface area (Å²) in [6.07, 6.45) is 6.96. The highest BCUT2D eigenvalue weighted by atomic mass is 16.3. The average Bonchev–Trinajstić information content (AvgIpc) is 2.57. The summed E-state index contributed by atoms with van der Waals surface area (Å²) in [6, 6.07) is 7.10. The maximum Gasteiger partial charge on any atom is 0.266 e. The molecule has 122 valence electrons. The number of anilines is 1. The van der Waals surface area contributed by atoms with Gasteiger partial charge in [0.15, 0.2) is 0 Å². The van der Waals surface area contributed by atoms with E-state index in [0.29, 0.717) is 0 Å². The lowest BCUT2D eigenvalue weighted by atomic mass is 9.94. The van der Waals surface area contributed by atoms with Crippen LogP contribution in [0.3, 0.4) is 0 Å². The normalized spacial score (nSPS) is 15.8. The minimum atomic E-state index is -0.247. The van der Waals surface area contributed by atoms with Gasteiger partial charge in [-0.05, 0) is 43.5 Å². The van der Waals surface area contributed by atoms with Crippen molar-refractivity contribution in [2.45, 2.75) is 45.1 Å². The molecule has 0 spiro atoms. The Labute approximate surface area is 137 Å². The molecular weight excluding hydrogens is 290 g/mol. The molecule has 0 radical (unpaired) electrons. The van der Waals surface area contributed by atoms with Gasteiger partial charge in [0, 0.05) is 25.0 Å². The molecule has 0 aromatic heterocycles. The second-order valence-corrected chi connectivity index (χ2v) is 6.02. The molecule has 1 fully saturated rings. The molecule has 1 aromatic rings. The van der Waals surface area contributed by atoms with Gasteiger partial charge in [0.1, 0.15) is 17.4 Å². The number of aryl methyl sites for hydroxylation is 1. The van der Waals surface area contributed by atoms with Crippen LogP contribution in [-0.2, 0) is 4.79 Å². The van der Waals surface area contributed by atoms with Crippen LogP contribution in [0.1, 0.15) is 37.7 Å². The second-order valence-electron chi connectivity index (χ2n) is 6.02. The number of carbonyl (C=O) groups is 1. The highest BCUT2D eigenvalue weighted by molar-refractivity contribution is 5.97. The molecule has 0 heterocycles. The minimum absolute atomic E-state index is 0.0885. The van der Waals surface area contributed by atoms with Crippen molar-refractivity contribution < 1.29 is 9.90 Å². The number of rotatable bonds is 4. The summed E-state index contributed by atoms with van der Waals surface area (Å²) in [5, 5.41) is 21.7. The third kappa shape index (κ3) is 4.26. The lowest BCUT2D eigenvalue weighted by Gasteiger charge is -2.31. The quantitative estimate of drug-likeness (QED) is 0.508. The number of amides is 1. The van der Waals surface area contributed by atoms with Crippen LogP contribution in [0.25, 0.3) is 0 Å². The van der Waals surface area contributed by atoms with Crippen molar-refractivity contribution in [2.75, 3.05) is 12.4 Å². The van der Waals surface area contributed by atoms with E-state index in [1.807, 2.05) is 13.0 Å². The molecule has 1 amide bonds. The van der Waals surface area contributed by atoms with Gasteiger partial charge in [0.05, 0.1) is 0 Å². The summed E-state index contributed by atoms with van der Waals surface area (Å²) in [6.45, 7) is 1.85. The SMILES string of the molecule is Cc1cc(O)ccc1N/C=C(/C#N)C(=O)N(C)C1CCCCC1. The van der Waals surface area contributed by atoms with Crippen LogP contribution in [-0.4, -0.2) is 29.0 Å². The third-order valence-corrected chi connectivity index (χ3v) is 4.38. The summed E-state index contributed by atoms with van der Waals surface area (Å²) in [7, 11) is 1.77. The predicted octanol–water partition coefficient (Wildman–Crippen LogP) is 3.31. The molecule has 23 heavy (non-hydrogen) atoms. The first-order chi connectivity index (χ1) is 11.0. The number of nitrogens with one attached hydrogen (secondary N) is 1. The van der Waals surface area contributed by atoms with Gasteiger partial charge in [-0.15, -0.1) is 0 Å². The summed E-state index contributed by atoms with van der Waals surface area (Å²) >= 11 is 0. The zero-order valence-corrected chi connectivity index (χ0v) is 13.7. The second kappa shape index (κ2) is 7.68. The van der Waals surface area contributed by atoms with Crippen molar-refractivity contribution in [3.63, 3.8) is 0 Å². The van der Waals surface area contributed by atoms with E-state index < -0.39 is 0 Å². The largest absolute Gasteiger partial charge is 0.508 e. The Hall–Kier alpha value is -2.48. The summed E-state index contributed by atoms with van der Waals surface area (Å²) in [5.41, 5.74) is 1.68. The highest BCUT2D eigenvalue weighted by Gasteiger charge is 2.24. The van der Waals surface area contributed by atoms with Crippen molar-refractivity contribution >= 4 is 11.6 Å². The molecule has 5 nitrogen and oxygen atoms in total. The van der Waals surface area contributed by atoms with E-state index in [4.69, 9.17) is 0 Å². The standard InChI is InChI=1S/C18H23N3O2/c1-13-10-16(22)8-9-17(13)20-12-14(11-19)18(23)21(2)15-6-4-3-5-7-15/h8-10,12,15,20,22H,3-7H2,1-2H3/b14-12-. The summed E-state index contributed by atoms with van der Waals surface area (Å²) in [4.78, 5) is 14.2. The number of nitriles is 1. The molecule has 0 atom stereocenters. The van der Waals surface area contributed by atoms with Gasteiger partial charge in [0.25, 0.3) is 5.91 Å². The Morgan fingerprint density at radius 3 is 2.70 bits per heavy atom. The molecule has 5 heteroatoms. The van der Waals surface area contributed by atoms with Gasteiger partial charge < -0.3 is 15.3 Å². The monoisotopic (exact) mass is 313 g/mol. The van der Waals surface area contributed by atoms with E-state index in [9.17, 15) is 15.2 Å². The van der Waals surface area contributed by atoms with Gasteiger partial charge in [-0.1, -0.05) is 19.3 Å². The zero-order valence-electron chi connectivity index (χ0n) is 13.7. The van der Waals surface area contributed by atoms with Crippen molar-refractivity contribution in [2.24, 2.45) is 0 Å². The first-order valence-electron chi connectivity index (χ1n) is 7.96. The number of benzene rings is 1. The summed E-state index contributed by atoms with van der Waals surface area (Å²) in [5.74, 6) is -0.0611. The number of carbonyl (C=O) groups excluding carboxylic acids is 1. The Bertz CT molecular complexity index is 640. The molecule has 1 saturated carbocycles. The van der Waals surface area contributed by atoms with E-state index in [0.717, 1.165) is 36.9 Å². The van der Waals surface area contributed by atoms with Crippen LogP contribution in [0.4, 0.5) is 5.69 Å². The molecule has 0 saturated heterocycles. The van der Waals surface area contributed by atoms with E-state index in [2.05, 4.69) is 5.32 Å². The fraction of sp³-hybridized carbons (Fsp3) is 0.444. The zero-order chi connectivity index (χ0) is 16.8. The number of hydrogen-bond acceptors (Lipinski definition) is 4. The Morgan fingerprint density at radius 1 is 1.39 bits per heavy atom. The van der Waals surface area contributed by atoms with Gasteiger partial charge in [-0.2, -0.15) is 5.26 Å². The van der Waals surface area contributed by atoms with Crippen molar-refractivity contribution in [3.8, 4) is 11.8 Å². The van der Waals surface area contributed by atoms with Crippen LogP contribution < -0.4 is 5.32 Å². The smallest absolute Gasteiger partial charge is 0.266 e. The van der Waals surface area contributed by atoms with Gasteiger partial charge >= 0.3 is 0 Å². The number of likely N-dealkylation sites (N-methyl/N-ethyl adjacent to an activating group) is 1. The fourth-order valence-electron chi connectivity index (χ4n) is 2.93. The highest BCUT2D eigenvalue weighted by Crippen LogP contribution is 2.23. The van der Waals surface area contributed by atoms with E-state index in [1.54, 1.807) is 30.1 Å². The number of hydrogen-bond donors (Lipinski definition) is 2. The number of nitrogens with zero attached hydrogens (tertiary/aromatic N) is 2. The maximum absolute atomic E-state index is 12.5. The van der Waals surface area contributed by atoms with Gasteiger partial charge in [-0.3, -0.25) is 4.79 Å². The molecule has 2 N–H and O–H groups in total. The van der Waals surface area contributed by atoms with Crippen LogP contribution in [0.5, 0.6) is 5.75 Å². The van der Waals surface area contributed by atoms with E-state index >= 15 is 0 Å². The third-order valence-electron chi connectivity index (χ3n) is 4.38. The fourth-order valence-corrected chi connectivity index (χ4v) is 2.93. The van der Waals surface area contributed by atoms with Gasteiger partial charge in [0.2, 0.25) is 0 Å². The lowest BCUT2D eigenvalue weighted by molar-refractivity contribution is -0.128. The predicted molar refractivity (Wildman–Crippen MR) is 89.8 cm³/mol. The van der Waals surface area contributed by atoms with E-state index in [-0.39, 0.29) is 23.3 Å². The summed E-state index contributed by atoms with van der Waals surface area (Å²) < 4.78 is 0. The molecule has 1 aromatic carbocycles. The van der Waals surface area contributed by atoms with Crippen LogP contribution in [0, 0.1) is 18.3 Å². The van der Waals surface area contributed by atoms with Crippen molar-refractivity contribution in [1.82, 2.24) is 4.90 Å². The Balaban J connectivity index is 2.08. The average molecular weight is 313 g/mol. The van der Waals surface area contributed by atoms with Crippen LogP contribution >= 0.6 is 0 Å². The lowest BCUT2D eigenvalue weighted by Crippen LogP contribution is -2.39.